The van der Waals surface area contributed by atoms with E-state index in [1.54, 1.807) is 94.7 Å². The van der Waals surface area contributed by atoms with E-state index < -0.39 is 23.4 Å². The number of carbonyl (C=O) groups excluding carboxylic acids is 3. The zero-order valence-corrected chi connectivity index (χ0v) is 59.3. The van der Waals surface area contributed by atoms with Gasteiger partial charge in [0.25, 0.3) is 0 Å². The van der Waals surface area contributed by atoms with Crippen molar-refractivity contribution in [2.75, 3.05) is 107 Å². The fourth-order valence-electron chi connectivity index (χ4n) is 12.3. The maximum absolute atomic E-state index is 13.5. The van der Waals surface area contributed by atoms with Gasteiger partial charge < -0.3 is 38.9 Å². The van der Waals surface area contributed by atoms with Crippen LogP contribution in [0.1, 0.15) is 11.1 Å². The number of piperazine rings is 3. The average molecular weight is 1500 g/mol. The molecule has 110 heavy (non-hydrogen) atoms. The van der Waals surface area contributed by atoms with Crippen molar-refractivity contribution in [2.45, 2.75) is 25.8 Å². The van der Waals surface area contributed by atoms with Crippen molar-refractivity contribution in [2.24, 2.45) is 0 Å². The van der Waals surface area contributed by atoms with Crippen molar-refractivity contribution in [3.63, 3.8) is 0 Å². The van der Waals surface area contributed by atoms with E-state index in [0.29, 0.717) is 134 Å². The van der Waals surface area contributed by atoms with Crippen molar-refractivity contribution >= 4 is 35.3 Å². The van der Waals surface area contributed by atoms with E-state index in [1.165, 1.54) is 82.2 Å². The van der Waals surface area contributed by atoms with Crippen LogP contribution in [0.3, 0.4) is 0 Å². The Hall–Kier alpha value is -13.5. The Balaban J connectivity index is 0.000000145. The molecule has 0 atom stereocenters. The van der Waals surface area contributed by atoms with Gasteiger partial charge in [-0.1, -0.05) is 0 Å². The van der Waals surface area contributed by atoms with E-state index in [4.69, 9.17) is 24.8 Å². The van der Waals surface area contributed by atoms with Gasteiger partial charge in [-0.2, -0.15) is 18.4 Å². The first kappa shape index (κ1) is 74.8. The molecule has 3 aliphatic heterocycles. The van der Waals surface area contributed by atoms with Crippen LogP contribution in [0.25, 0.3) is 68.3 Å². The predicted molar refractivity (Wildman–Crippen MR) is 392 cm³/mol. The molecule has 0 N–H and O–H groups in total. The topological polar surface area (TPSA) is 257 Å². The van der Waals surface area contributed by atoms with Crippen molar-refractivity contribution < 1.29 is 54.6 Å². The van der Waals surface area contributed by atoms with Crippen LogP contribution in [0.2, 0.25) is 0 Å². The number of anilines is 3. The van der Waals surface area contributed by atoms with Crippen LogP contribution in [0.5, 0.6) is 11.5 Å². The number of nitriles is 1. The summed E-state index contributed by atoms with van der Waals surface area (Å²) in [4.78, 5) is 81.5. The third-order valence-corrected chi connectivity index (χ3v) is 18.3. The standard InChI is InChI=1S/C26H21F5N6O.C26H21F2N7O.C26H27N7O3/c27-20-5-1-17(2-6-20)24-33-25(18-3-7-21(28)8-4-18)37(34-24)16-23(38)36-13-11-35(12-14-36)22-15-19(9-10-32-22)26(29,30)31;27-21-5-1-19(2-6-21)25-31-26(20-3-7-22(28)8-4-20)35(32-25)17-24(36)34-13-11-33(12-14-34)23-15-18(16-29)9-10-30-23;1-35-21-8-4-19(5-9-21)24-29-25(20-6-10-22(36-2)11-7-20)33(30-24)18-23(34)31-14-16-32(17-15-31)26-27-12-3-13-28-26/h1-10,15H,11-14,16H2;1-10,15H,11-14,17H2;3-13H,14-18H2,1-2H3. The van der Waals surface area contributed by atoms with Crippen LogP contribution in [0.15, 0.2) is 201 Å². The Labute approximate surface area is 625 Å². The third kappa shape index (κ3) is 18.3. The number of aromatic nitrogens is 13. The molecule has 3 aliphatic rings. The summed E-state index contributed by atoms with van der Waals surface area (Å²) in [5, 5.41) is 22.8. The molecule has 0 spiro atoms. The lowest BCUT2D eigenvalue weighted by molar-refractivity contribution is -0.137. The molecule has 0 unspecified atom stereocenters. The Morgan fingerprint density at radius 1 is 0.400 bits per heavy atom. The Morgan fingerprint density at radius 3 is 1.06 bits per heavy atom. The first-order chi connectivity index (χ1) is 53.3. The van der Waals surface area contributed by atoms with E-state index in [2.05, 4.69) is 51.1 Å². The van der Waals surface area contributed by atoms with E-state index in [1.807, 2.05) is 58.3 Å². The molecule has 0 saturated carbocycles. The molecule has 3 fully saturated rings. The lowest BCUT2D eigenvalue weighted by Gasteiger charge is -2.35. The molecule has 6 aromatic carbocycles. The summed E-state index contributed by atoms with van der Waals surface area (Å²) in [6.07, 6.45) is 1.71. The fourth-order valence-corrected chi connectivity index (χ4v) is 12.3. The number of pyridine rings is 2. The molecule has 12 aromatic rings. The number of methoxy groups -OCH3 is 2. The summed E-state index contributed by atoms with van der Waals surface area (Å²) in [6.45, 7) is 5.72. The van der Waals surface area contributed by atoms with E-state index >= 15 is 0 Å². The minimum absolute atomic E-state index is 0.00965. The second kappa shape index (κ2) is 34.0. The van der Waals surface area contributed by atoms with Crippen molar-refractivity contribution in [1.82, 2.24) is 78.9 Å². The first-order valence-electron chi connectivity index (χ1n) is 34.7. The summed E-state index contributed by atoms with van der Waals surface area (Å²) in [6, 6.07) is 47.1. The minimum atomic E-state index is -4.47. The third-order valence-electron chi connectivity index (χ3n) is 18.3. The van der Waals surface area contributed by atoms with Crippen LogP contribution in [-0.2, 0) is 40.2 Å². The maximum atomic E-state index is 13.5. The van der Waals surface area contributed by atoms with Gasteiger partial charge in [-0.05, 0) is 176 Å². The van der Waals surface area contributed by atoms with Crippen LogP contribution < -0.4 is 24.2 Å². The normalized spacial score (nSPS) is 13.7. The van der Waals surface area contributed by atoms with Gasteiger partial charge in [-0.3, -0.25) is 14.4 Å². The monoisotopic (exact) mass is 1500 g/mol. The summed E-state index contributed by atoms with van der Waals surface area (Å²) >= 11 is 0. The predicted octanol–water partition coefficient (Wildman–Crippen LogP) is 10.9. The number of ether oxygens (including phenoxy) is 2. The molecular weight excluding hydrogens is 1430 g/mol. The molecule has 25 nitrogen and oxygen atoms in total. The van der Waals surface area contributed by atoms with Crippen LogP contribution in [0, 0.1) is 34.6 Å². The molecule has 0 bridgehead atoms. The molecule has 32 heteroatoms. The van der Waals surface area contributed by atoms with Gasteiger partial charge in [0.15, 0.2) is 34.9 Å². The summed E-state index contributed by atoms with van der Waals surface area (Å²) < 4.78 is 108. The van der Waals surface area contributed by atoms with Crippen molar-refractivity contribution in [3.8, 4) is 85.9 Å². The second-order valence-electron chi connectivity index (χ2n) is 25.3. The molecule has 9 heterocycles. The number of hydrogen-bond donors (Lipinski definition) is 0. The van der Waals surface area contributed by atoms with Crippen LogP contribution >= 0.6 is 0 Å². The Kier molecular flexibility index (Phi) is 23.1. The van der Waals surface area contributed by atoms with Gasteiger partial charge in [0.2, 0.25) is 23.7 Å². The number of halogens is 7. The molecule has 560 valence electrons. The highest BCUT2D eigenvalue weighted by Crippen LogP contribution is 2.33. The van der Waals surface area contributed by atoms with Crippen molar-refractivity contribution in [1.29, 1.82) is 5.26 Å². The number of amides is 3. The number of hydrogen-bond acceptors (Lipinski definition) is 19. The Bertz CT molecular complexity index is 5180. The van der Waals surface area contributed by atoms with Gasteiger partial charge in [0.1, 0.15) is 66.0 Å². The van der Waals surface area contributed by atoms with Gasteiger partial charge in [0.05, 0.1) is 31.4 Å². The fraction of sp³-hybridized carbons (Fsp3) is 0.231. The number of rotatable bonds is 17. The van der Waals surface area contributed by atoms with Gasteiger partial charge >= 0.3 is 6.18 Å². The summed E-state index contributed by atoms with van der Waals surface area (Å²) in [5.41, 5.74) is 3.75. The molecule has 3 saturated heterocycles. The first-order valence-corrected chi connectivity index (χ1v) is 34.7. The van der Waals surface area contributed by atoms with E-state index in [-0.39, 0.29) is 73.7 Å². The number of alkyl halides is 3. The number of nitrogens with zero attached hydrogens (tertiary/aromatic N) is 20. The van der Waals surface area contributed by atoms with Gasteiger partial charge in [-0.15, -0.1) is 15.3 Å². The average Bonchev–Trinajstić information content (AvgIpc) is 1.72. The maximum Gasteiger partial charge on any atom is 0.416 e. The van der Waals surface area contributed by atoms with E-state index in [0.717, 1.165) is 41.0 Å². The summed E-state index contributed by atoms with van der Waals surface area (Å²) in [7, 11) is 3.25. The molecular formula is C78H69F7N20O5. The largest absolute Gasteiger partial charge is 0.497 e. The quantitative estimate of drug-likeness (QED) is 0.0768. The minimum Gasteiger partial charge on any atom is -0.497 e. The molecule has 0 aliphatic carbocycles. The van der Waals surface area contributed by atoms with Crippen LogP contribution in [0.4, 0.5) is 48.3 Å². The van der Waals surface area contributed by atoms with Crippen LogP contribution in [-0.4, -0.2) is 189 Å². The Morgan fingerprint density at radius 2 is 0.718 bits per heavy atom. The second-order valence-corrected chi connectivity index (χ2v) is 25.3. The zero-order valence-electron chi connectivity index (χ0n) is 59.3. The molecule has 15 rings (SSSR count). The SMILES string of the molecule is COc1ccc(-c2nc(-c3ccc(OC)cc3)n(CC(=O)N3CCN(c4ncccn4)CC3)n2)cc1.N#Cc1ccnc(N2CCN(C(=O)Cn3nc(-c4ccc(F)cc4)nc3-c3ccc(F)cc3)CC2)c1.O=C(Cn1nc(-c2ccc(F)cc2)nc1-c1ccc(F)cc1)N1CCN(c2cc(C(F)(F)F)ccn2)CC1. The highest BCUT2D eigenvalue weighted by Gasteiger charge is 2.33. The number of benzene rings is 6. The summed E-state index contributed by atoms with van der Waals surface area (Å²) in [5.74, 6) is 3.62. The molecule has 6 aromatic heterocycles. The van der Waals surface area contributed by atoms with Gasteiger partial charge in [-0.25, -0.2) is 66.5 Å². The zero-order chi connectivity index (χ0) is 76.8. The highest BCUT2D eigenvalue weighted by atomic mass is 19.4. The number of carbonyl (C=O) groups is 3. The molecule has 3 amide bonds. The lowest BCUT2D eigenvalue weighted by Crippen LogP contribution is -2.50. The van der Waals surface area contributed by atoms with E-state index in [9.17, 15) is 45.1 Å². The van der Waals surface area contributed by atoms with Gasteiger partial charge in [0, 0.05) is 137 Å². The van der Waals surface area contributed by atoms with Crippen molar-refractivity contribution in [3.05, 3.63) is 235 Å². The molecule has 0 radical (unpaired) electrons. The smallest absolute Gasteiger partial charge is 0.416 e. The lowest BCUT2D eigenvalue weighted by atomic mass is 10.2. The highest BCUT2D eigenvalue weighted by molar-refractivity contribution is 5.79.